The molecule has 1 aliphatic carbocycles. The van der Waals surface area contributed by atoms with Gasteiger partial charge in [0.05, 0.1) is 12.7 Å². The van der Waals surface area contributed by atoms with Crippen molar-refractivity contribution in [3.8, 4) is 5.75 Å². The minimum Gasteiger partial charge on any atom is -0.490 e. The lowest BCUT2D eigenvalue weighted by atomic mass is 10.1. The molecule has 0 heterocycles. The molecule has 0 unspecified atom stereocenters. The Kier molecular flexibility index (Phi) is 4.83. The molecule has 1 fully saturated rings. The summed E-state index contributed by atoms with van der Waals surface area (Å²) in [6, 6.07) is 8.44. The highest BCUT2D eigenvalue weighted by atomic mass is 16.5. The second-order valence-electron chi connectivity index (χ2n) is 4.45. The summed E-state index contributed by atoms with van der Waals surface area (Å²) < 4.78 is 10.7. The first kappa shape index (κ1) is 12.4. The van der Waals surface area contributed by atoms with Crippen molar-refractivity contribution in [3.63, 3.8) is 0 Å². The lowest BCUT2D eigenvalue weighted by molar-refractivity contribution is 0.199. The van der Waals surface area contributed by atoms with Crippen LogP contribution in [-0.4, -0.2) is 32.9 Å². The van der Waals surface area contributed by atoms with E-state index in [4.69, 9.17) is 9.47 Å². The maximum Gasteiger partial charge on any atom is 0.119 e. The molecule has 0 amide bonds. The predicted molar refractivity (Wildman–Crippen MR) is 68.5 cm³/mol. The van der Waals surface area contributed by atoms with Crippen molar-refractivity contribution in [2.45, 2.75) is 25.4 Å². The monoisotopic (exact) mass is 235 g/mol. The van der Waals surface area contributed by atoms with Crippen LogP contribution in [-0.2, 0) is 11.2 Å². The Morgan fingerprint density at radius 1 is 1.18 bits per heavy atom. The van der Waals surface area contributed by atoms with Crippen LogP contribution in [0.2, 0.25) is 0 Å². The van der Waals surface area contributed by atoms with Crippen LogP contribution < -0.4 is 10.1 Å². The fourth-order valence-corrected chi connectivity index (χ4v) is 1.64. The van der Waals surface area contributed by atoms with Crippen LogP contribution in [0, 0.1) is 0 Å². The third-order valence-electron chi connectivity index (χ3n) is 2.82. The van der Waals surface area contributed by atoms with Crippen molar-refractivity contribution in [3.05, 3.63) is 29.8 Å². The van der Waals surface area contributed by atoms with E-state index in [0.29, 0.717) is 6.10 Å². The van der Waals surface area contributed by atoms with E-state index in [1.54, 1.807) is 7.11 Å². The van der Waals surface area contributed by atoms with Gasteiger partial charge in [0.15, 0.2) is 0 Å². The zero-order chi connectivity index (χ0) is 11.9. The van der Waals surface area contributed by atoms with Gasteiger partial charge in [0.1, 0.15) is 5.75 Å². The van der Waals surface area contributed by atoms with Crippen LogP contribution in [0.25, 0.3) is 0 Å². The Labute approximate surface area is 103 Å². The van der Waals surface area contributed by atoms with Gasteiger partial charge in [0, 0.05) is 13.7 Å². The van der Waals surface area contributed by atoms with Gasteiger partial charge in [0.2, 0.25) is 0 Å². The molecule has 0 saturated heterocycles. The van der Waals surface area contributed by atoms with Gasteiger partial charge >= 0.3 is 0 Å². The van der Waals surface area contributed by atoms with Crippen LogP contribution in [0.3, 0.4) is 0 Å². The van der Waals surface area contributed by atoms with E-state index in [1.807, 2.05) is 0 Å². The first-order valence-corrected chi connectivity index (χ1v) is 6.34. The fourth-order valence-electron chi connectivity index (χ4n) is 1.64. The van der Waals surface area contributed by atoms with Crippen molar-refractivity contribution >= 4 is 0 Å². The van der Waals surface area contributed by atoms with Gasteiger partial charge in [0.25, 0.3) is 0 Å². The molecule has 0 radical (unpaired) electrons. The van der Waals surface area contributed by atoms with E-state index in [0.717, 1.165) is 31.9 Å². The topological polar surface area (TPSA) is 30.5 Å². The zero-order valence-electron chi connectivity index (χ0n) is 10.4. The predicted octanol–water partition coefficient (Wildman–Crippen LogP) is 2.01. The van der Waals surface area contributed by atoms with E-state index >= 15 is 0 Å². The molecule has 1 aromatic carbocycles. The number of ether oxygens (including phenoxy) is 2. The van der Waals surface area contributed by atoms with Gasteiger partial charge < -0.3 is 14.8 Å². The highest BCUT2D eigenvalue weighted by Crippen LogP contribution is 2.26. The van der Waals surface area contributed by atoms with E-state index in [1.165, 1.54) is 18.4 Å². The van der Waals surface area contributed by atoms with Crippen LogP contribution >= 0.6 is 0 Å². The number of nitrogens with one attached hydrogen (secondary N) is 1. The minimum atomic E-state index is 0.483. The molecule has 1 aromatic rings. The van der Waals surface area contributed by atoms with Crippen LogP contribution in [0.1, 0.15) is 18.4 Å². The smallest absolute Gasteiger partial charge is 0.119 e. The van der Waals surface area contributed by atoms with Gasteiger partial charge in [-0.25, -0.2) is 0 Å². The number of hydrogen-bond donors (Lipinski definition) is 1. The summed E-state index contributed by atoms with van der Waals surface area (Å²) in [6.45, 7) is 2.68. The first-order valence-electron chi connectivity index (χ1n) is 6.34. The summed E-state index contributed by atoms with van der Waals surface area (Å²) in [5, 5.41) is 3.34. The molecule has 0 aliphatic heterocycles. The summed E-state index contributed by atoms with van der Waals surface area (Å²) in [5.74, 6) is 1.00. The summed E-state index contributed by atoms with van der Waals surface area (Å²) in [6.07, 6.45) is 3.96. The van der Waals surface area contributed by atoms with E-state index in [-0.39, 0.29) is 0 Å². The summed E-state index contributed by atoms with van der Waals surface area (Å²) in [4.78, 5) is 0. The molecule has 3 nitrogen and oxygen atoms in total. The van der Waals surface area contributed by atoms with E-state index in [9.17, 15) is 0 Å². The lowest BCUT2D eigenvalue weighted by Gasteiger charge is -2.06. The van der Waals surface area contributed by atoms with E-state index < -0.39 is 0 Å². The molecular formula is C14H21NO2. The highest BCUT2D eigenvalue weighted by molar-refractivity contribution is 5.28. The number of benzene rings is 1. The number of methoxy groups -OCH3 is 1. The Balaban J connectivity index is 1.66. The molecule has 17 heavy (non-hydrogen) atoms. The number of hydrogen-bond acceptors (Lipinski definition) is 3. The standard InChI is InChI=1S/C14H21NO2/c1-16-11-10-15-9-8-12-2-4-13(5-3-12)17-14-6-7-14/h2-5,14-15H,6-11H2,1H3. The average Bonchev–Trinajstić information content (AvgIpc) is 3.15. The fraction of sp³-hybridized carbons (Fsp3) is 0.571. The van der Waals surface area contributed by atoms with Crippen LogP contribution in [0.5, 0.6) is 5.75 Å². The van der Waals surface area contributed by atoms with Crippen molar-refractivity contribution in [1.29, 1.82) is 0 Å². The molecule has 1 aliphatic rings. The first-order chi connectivity index (χ1) is 8.38. The normalized spacial score (nSPS) is 14.9. The zero-order valence-corrected chi connectivity index (χ0v) is 10.4. The maximum absolute atomic E-state index is 5.71. The second-order valence-corrected chi connectivity index (χ2v) is 4.45. The van der Waals surface area contributed by atoms with Crippen molar-refractivity contribution in [1.82, 2.24) is 5.32 Å². The Hall–Kier alpha value is -1.06. The Bertz CT molecular complexity index is 319. The van der Waals surface area contributed by atoms with Crippen LogP contribution in [0.15, 0.2) is 24.3 Å². The summed E-state index contributed by atoms with van der Waals surface area (Å²) in [5.41, 5.74) is 1.35. The third kappa shape index (κ3) is 4.75. The SMILES string of the molecule is COCCNCCc1ccc(OC2CC2)cc1. The van der Waals surface area contributed by atoms with Gasteiger partial charge in [-0.1, -0.05) is 12.1 Å². The maximum atomic E-state index is 5.71. The molecule has 1 saturated carbocycles. The van der Waals surface area contributed by atoms with Crippen LogP contribution in [0.4, 0.5) is 0 Å². The van der Waals surface area contributed by atoms with Gasteiger partial charge in [-0.05, 0) is 43.5 Å². The molecule has 0 bridgehead atoms. The van der Waals surface area contributed by atoms with Crippen molar-refractivity contribution < 1.29 is 9.47 Å². The molecule has 3 heteroatoms. The molecule has 94 valence electrons. The Morgan fingerprint density at radius 2 is 1.94 bits per heavy atom. The van der Waals surface area contributed by atoms with Gasteiger partial charge in [-0.15, -0.1) is 0 Å². The highest BCUT2D eigenvalue weighted by Gasteiger charge is 2.23. The summed E-state index contributed by atoms with van der Waals surface area (Å²) in [7, 11) is 1.72. The third-order valence-corrected chi connectivity index (χ3v) is 2.82. The molecule has 2 rings (SSSR count). The molecule has 0 atom stereocenters. The quantitative estimate of drug-likeness (QED) is 0.699. The molecule has 0 spiro atoms. The largest absolute Gasteiger partial charge is 0.490 e. The Morgan fingerprint density at radius 3 is 2.59 bits per heavy atom. The molecule has 0 aromatic heterocycles. The number of rotatable bonds is 8. The van der Waals surface area contributed by atoms with Gasteiger partial charge in [-0.2, -0.15) is 0 Å². The minimum absolute atomic E-state index is 0.483. The van der Waals surface area contributed by atoms with Crippen molar-refractivity contribution in [2.24, 2.45) is 0 Å². The van der Waals surface area contributed by atoms with Gasteiger partial charge in [-0.3, -0.25) is 0 Å². The lowest BCUT2D eigenvalue weighted by Crippen LogP contribution is -2.21. The second kappa shape index (κ2) is 6.62. The van der Waals surface area contributed by atoms with E-state index in [2.05, 4.69) is 29.6 Å². The average molecular weight is 235 g/mol. The van der Waals surface area contributed by atoms with Crippen molar-refractivity contribution in [2.75, 3.05) is 26.8 Å². The summed E-state index contributed by atoms with van der Waals surface area (Å²) >= 11 is 0. The molecule has 1 N–H and O–H groups in total. The molecular weight excluding hydrogens is 214 g/mol.